The normalized spacial score (nSPS) is 10.8. The van der Waals surface area contributed by atoms with E-state index in [1.807, 2.05) is 36.4 Å². The van der Waals surface area contributed by atoms with Crippen molar-refractivity contribution in [2.24, 2.45) is 0 Å². The Balaban J connectivity index is 1.52. The Morgan fingerprint density at radius 2 is 1.69 bits per heavy atom. The summed E-state index contributed by atoms with van der Waals surface area (Å²) in [4.78, 5) is 10.6. The molecule has 0 spiro atoms. The van der Waals surface area contributed by atoms with Gasteiger partial charge in [0.1, 0.15) is 5.75 Å². The number of fused-ring (bicyclic) bond motifs is 1. The fraction of sp³-hybridized carbons (Fsp3) is 0.227. The molecule has 3 aromatic carbocycles. The molecule has 0 aromatic heterocycles. The van der Waals surface area contributed by atoms with Crippen molar-refractivity contribution in [3.8, 4) is 5.75 Å². The second-order valence-corrected chi connectivity index (χ2v) is 6.28. The molecule has 0 aliphatic rings. The lowest BCUT2D eigenvalue weighted by Crippen LogP contribution is -2.21. The highest BCUT2D eigenvalue weighted by atomic mass is 16.5. The van der Waals surface area contributed by atoms with Crippen molar-refractivity contribution in [1.82, 2.24) is 5.32 Å². The van der Waals surface area contributed by atoms with E-state index >= 15 is 0 Å². The van der Waals surface area contributed by atoms with Crippen LogP contribution < -0.4 is 10.1 Å². The first kappa shape index (κ1) is 18.0. The van der Waals surface area contributed by atoms with Crippen LogP contribution in [0.2, 0.25) is 0 Å². The van der Waals surface area contributed by atoms with Gasteiger partial charge in [0.05, 0.1) is 13.2 Å². The van der Waals surface area contributed by atoms with E-state index in [1.165, 1.54) is 5.56 Å². The molecule has 0 bridgehead atoms. The van der Waals surface area contributed by atoms with Gasteiger partial charge in [-0.1, -0.05) is 48.5 Å². The second-order valence-electron chi connectivity index (χ2n) is 6.28. The molecule has 0 unspecified atom stereocenters. The van der Waals surface area contributed by atoms with Gasteiger partial charge in [-0.2, -0.15) is 0 Å². The number of benzene rings is 3. The zero-order valence-electron chi connectivity index (χ0n) is 14.7. The first-order chi connectivity index (χ1) is 12.7. The van der Waals surface area contributed by atoms with E-state index in [0.29, 0.717) is 13.2 Å². The molecule has 4 nitrogen and oxygen atoms in total. The maximum Gasteiger partial charge on any atom is 0.317 e. The lowest BCUT2D eigenvalue weighted by molar-refractivity contribution is -0.135. The van der Waals surface area contributed by atoms with Gasteiger partial charge in [-0.3, -0.25) is 4.79 Å². The van der Waals surface area contributed by atoms with Gasteiger partial charge in [0.25, 0.3) is 0 Å². The van der Waals surface area contributed by atoms with E-state index in [2.05, 4.69) is 35.6 Å². The molecular formula is C22H23NO3. The smallest absolute Gasteiger partial charge is 0.317 e. The molecule has 3 aromatic rings. The molecule has 0 heterocycles. The molecular weight excluding hydrogens is 326 g/mol. The number of hydrogen-bond donors (Lipinski definition) is 2. The third kappa shape index (κ3) is 5.33. The summed E-state index contributed by atoms with van der Waals surface area (Å²) in [5.74, 6) is 0.0298. The lowest BCUT2D eigenvalue weighted by Gasteiger charge is -2.09. The van der Waals surface area contributed by atoms with Crippen LogP contribution in [-0.4, -0.2) is 24.2 Å². The highest BCUT2D eigenvalue weighted by Gasteiger charge is 2.01. The molecule has 0 radical (unpaired) electrons. The zero-order valence-corrected chi connectivity index (χ0v) is 14.7. The summed E-state index contributed by atoms with van der Waals surface area (Å²) in [6, 6.07) is 22.6. The number of nitrogens with one attached hydrogen (secondary N) is 1. The zero-order chi connectivity index (χ0) is 18.2. The highest BCUT2D eigenvalue weighted by molar-refractivity contribution is 5.84. The number of carboxylic acid groups (broad SMARTS) is 1. The van der Waals surface area contributed by atoms with Crippen LogP contribution in [-0.2, 0) is 17.8 Å². The number of hydrogen-bond acceptors (Lipinski definition) is 3. The van der Waals surface area contributed by atoms with Crippen LogP contribution in [0.25, 0.3) is 10.8 Å². The summed E-state index contributed by atoms with van der Waals surface area (Å²) in [7, 11) is 0. The first-order valence-corrected chi connectivity index (χ1v) is 8.83. The molecule has 0 saturated carbocycles. The number of carbonyl (C=O) groups is 1. The fourth-order valence-electron chi connectivity index (χ4n) is 2.90. The van der Waals surface area contributed by atoms with Crippen LogP contribution in [0.4, 0.5) is 0 Å². The lowest BCUT2D eigenvalue weighted by atomic mass is 10.1. The monoisotopic (exact) mass is 349 g/mol. The van der Waals surface area contributed by atoms with Crippen LogP contribution in [0.3, 0.4) is 0 Å². The summed E-state index contributed by atoms with van der Waals surface area (Å²) in [6.07, 6.45) is 2.00. The Morgan fingerprint density at radius 3 is 2.50 bits per heavy atom. The van der Waals surface area contributed by atoms with Gasteiger partial charge in [0.2, 0.25) is 0 Å². The summed E-state index contributed by atoms with van der Waals surface area (Å²) >= 11 is 0. The maximum atomic E-state index is 10.6. The van der Waals surface area contributed by atoms with E-state index in [0.717, 1.165) is 34.9 Å². The predicted molar refractivity (Wildman–Crippen MR) is 104 cm³/mol. The Kier molecular flexibility index (Phi) is 6.23. The van der Waals surface area contributed by atoms with Gasteiger partial charge >= 0.3 is 5.97 Å². The third-order valence-electron chi connectivity index (χ3n) is 4.20. The predicted octanol–water partition coefficient (Wildman–Crippen LogP) is 4.03. The minimum absolute atomic E-state index is 0.0339. The van der Waals surface area contributed by atoms with E-state index in [9.17, 15) is 4.79 Å². The van der Waals surface area contributed by atoms with Gasteiger partial charge in [-0.15, -0.1) is 0 Å². The van der Waals surface area contributed by atoms with Crippen molar-refractivity contribution < 1.29 is 14.6 Å². The molecule has 3 rings (SSSR count). The van der Waals surface area contributed by atoms with Crippen molar-refractivity contribution >= 4 is 16.7 Å². The van der Waals surface area contributed by atoms with E-state index in [4.69, 9.17) is 9.84 Å². The number of carboxylic acids is 1. The molecule has 0 atom stereocenters. The maximum absolute atomic E-state index is 10.6. The molecule has 0 amide bonds. The summed E-state index contributed by atoms with van der Waals surface area (Å²) in [6.45, 7) is 1.20. The van der Waals surface area contributed by atoms with Crippen LogP contribution >= 0.6 is 0 Å². The quantitative estimate of drug-likeness (QED) is 0.573. The molecule has 2 N–H and O–H groups in total. The molecule has 134 valence electrons. The van der Waals surface area contributed by atoms with Gasteiger partial charge in [0.15, 0.2) is 0 Å². The largest absolute Gasteiger partial charge is 0.494 e. The van der Waals surface area contributed by atoms with Gasteiger partial charge < -0.3 is 15.2 Å². The molecule has 0 aliphatic heterocycles. The Morgan fingerprint density at radius 1 is 0.923 bits per heavy atom. The SMILES string of the molecule is O=C(O)CNCc1ccc2cc(OCCCc3ccccc3)ccc2c1. The minimum atomic E-state index is -0.847. The first-order valence-electron chi connectivity index (χ1n) is 8.83. The molecule has 0 saturated heterocycles. The van der Waals surface area contributed by atoms with E-state index in [1.54, 1.807) is 0 Å². The van der Waals surface area contributed by atoms with Gasteiger partial charge in [-0.25, -0.2) is 0 Å². The number of aliphatic carboxylic acids is 1. The number of ether oxygens (including phenoxy) is 1. The second kappa shape index (κ2) is 9.02. The van der Waals surface area contributed by atoms with Crippen LogP contribution in [0.1, 0.15) is 17.5 Å². The van der Waals surface area contributed by atoms with Crippen LogP contribution in [0, 0.1) is 0 Å². The Labute approximate surface area is 153 Å². The summed E-state index contributed by atoms with van der Waals surface area (Å²) < 4.78 is 5.88. The van der Waals surface area contributed by atoms with Crippen molar-refractivity contribution in [1.29, 1.82) is 0 Å². The minimum Gasteiger partial charge on any atom is -0.494 e. The Hall–Kier alpha value is -2.85. The third-order valence-corrected chi connectivity index (χ3v) is 4.20. The van der Waals surface area contributed by atoms with Crippen LogP contribution in [0.5, 0.6) is 5.75 Å². The van der Waals surface area contributed by atoms with Crippen molar-refractivity contribution in [2.75, 3.05) is 13.2 Å². The van der Waals surface area contributed by atoms with Gasteiger partial charge in [-0.05, 0) is 52.9 Å². The van der Waals surface area contributed by atoms with Crippen molar-refractivity contribution in [3.05, 3.63) is 77.9 Å². The highest BCUT2D eigenvalue weighted by Crippen LogP contribution is 2.22. The van der Waals surface area contributed by atoms with E-state index < -0.39 is 5.97 Å². The van der Waals surface area contributed by atoms with Crippen molar-refractivity contribution in [3.63, 3.8) is 0 Å². The topological polar surface area (TPSA) is 58.6 Å². The fourth-order valence-corrected chi connectivity index (χ4v) is 2.90. The standard InChI is InChI=1S/C22H23NO3/c24-22(25)16-23-15-18-8-9-20-14-21(11-10-19(20)13-18)26-12-4-7-17-5-2-1-3-6-17/h1-3,5-6,8-11,13-14,23H,4,7,12,15-16H2,(H,24,25). The van der Waals surface area contributed by atoms with Gasteiger partial charge in [0, 0.05) is 6.54 Å². The summed E-state index contributed by atoms with van der Waals surface area (Å²) in [5.41, 5.74) is 2.40. The molecule has 4 heteroatoms. The van der Waals surface area contributed by atoms with Crippen molar-refractivity contribution in [2.45, 2.75) is 19.4 Å². The Bertz CT molecular complexity index is 862. The molecule has 26 heavy (non-hydrogen) atoms. The molecule has 0 fully saturated rings. The average Bonchev–Trinajstić information content (AvgIpc) is 2.66. The number of rotatable bonds is 9. The summed E-state index contributed by atoms with van der Waals surface area (Å²) in [5, 5.41) is 13.8. The number of aryl methyl sites for hydroxylation is 1. The van der Waals surface area contributed by atoms with E-state index in [-0.39, 0.29) is 6.54 Å². The average molecular weight is 349 g/mol. The van der Waals surface area contributed by atoms with Crippen LogP contribution in [0.15, 0.2) is 66.7 Å². The molecule has 0 aliphatic carbocycles.